The molecule has 1 aliphatic heterocycles. The first-order valence-corrected chi connectivity index (χ1v) is 9.47. The summed E-state index contributed by atoms with van der Waals surface area (Å²) in [7, 11) is 0. The summed E-state index contributed by atoms with van der Waals surface area (Å²) in [5.74, 6) is 0.822. The maximum Gasteiger partial charge on any atom is 0.225 e. The molecule has 2 rings (SSSR count). The van der Waals surface area contributed by atoms with E-state index in [0.717, 1.165) is 32.1 Å². The fourth-order valence-electron chi connectivity index (χ4n) is 3.79. The van der Waals surface area contributed by atoms with Crippen LogP contribution in [0, 0.1) is 11.3 Å². The van der Waals surface area contributed by atoms with Crippen LogP contribution in [0.5, 0.6) is 0 Å². The average molecular weight is 322 g/mol. The van der Waals surface area contributed by atoms with Gasteiger partial charge in [0.05, 0.1) is 6.04 Å². The summed E-state index contributed by atoms with van der Waals surface area (Å²) < 4.78 is 0. The molecule has 1 saturated carbocycles. The lowest BCUT2D eigenvalue weighted by Gasteiger charge is -2.20. The Bertz CT molecular complexity index is 414. The van der Waals surface area contributed by atoms with Crippen LogP contribution >= 0.6 is 0 Å². The molecule has 0 radical (unpaired) electrons. The van der Waals surface area contributed by atoms with Crippen LogP contribution in [0.4, 0.5) is 0 Å². The summed E-state index contributed by atoms with van der Waals surface area (Å²) in [6.45, 7) is 6.49. The molecule has 2 aliphatic rings. The van der Waals surface area contributed by atoms with Crippen LogP contribution in [0.3, 0.4) is 0 Å². The Labute approximate surface area is 141 Å². The van der Waals surface area contributed by atoms with Crippen LogP contribution in [-0.4, -0.2) is 30.3 Å². The number of ketones is 1. The predicted molar refractivity (Wildman–Crippen MR) is 93.2 cm³/mol. The third-order valence-corrected chi connectivity index (χ3v) is 5.28. The van der Waals surface area contributed by atoms with Gasteiger partial charge in [-0.05, 0) is 32.1 Å². The van der Waals surface area contributed by atoms with E-state index in [1.165, 1.54) is 25.7 Å². The standard InChI is InChI=1S/C19H34N2O2/c1-19(2,3)18(23)20-13-9-8-12-16-17(22)14-10-6-4-5-7-11-15(14)21-16/h14-16,21H,4-13H2,1-3H3,(H,20,23). The van der Waals surface area contributed by atoms with Crippen molar-refractivity contribution in [2.75, 3.05) is 6.54 Å². The number of unbranched alkanes of at least 4 members (excludes halogenated alkanes) is 1. The van der Waals surface area contributed by atoms with Crippen molar-refractivity contribution in [2.45, 2.75) is 90.6 Å². The van der Waals surface area contributed by atoms with E-state index in [1.807, 2.05) is 20.8 Å². The topological polar surface area (TPSA) is 58.2 Å². The summed E-state index contributed by atoms with van der Waals surface area (Å²) in [5, 5.41) is 6.58. The Kier molecular flexibility index (Phi) is 6.63. The second kappa shape index (κ2) is 8.27. The van der Waals surface area contributed by atoms with E-state index in [4.69, 9.17) is 0 Å². The lowest BCUT2D eigenvalue weighted by atomic mass is 9.86. The molecule has 0 aromatic rings. The van der Waals surface area contributed by atoms with Gasteiger partial charge >= 0.3 is 0 Å². The molecule has 0 aromatic carbocycles. The smallest absolute Gasteiger partial charge is 0.225 e. The third kappa shape index (κ3) is 5.30. The van der Waals surface area contributed by atoms with Crippen LogP contribution in [0.1, 0.15) is 78.6 Å². The maximum absolute atomic E-state index is 12.6. The van der Waals surface area contributed by atoms with Gasteiger partial charge in [0.1, 0.15) is 0 Å². The van der Waals surface area contributed by atoms with E-state index in [0.29, 0.717) is 18.4 Å². The van der Waals surface area contributed by atoms with E-state index in [9.17, 15) is 9.59 Å². The second-order valence-corrected chi connectivity index (χ2v) is 8.33. The van der Waals surface area contributed by atoms with Gasteiger partial charge in [0.2, 0.25) is 5.91 Å². The van der Waals surface area contributed by atoms with Gasteiger partial charge in [-0.3, -0.25) is 9.59 Å². The molecule has 1 aliphatic carbocycles. The first-order chi connectivity index (χ1) is 10.9. The lowest BCUT2D eigenvalue weighted by molar-refractivity contribution is -0.128. The second-order valence-electron chi connectivity index (χ2n) is 8.33. The number of carbonyl (C=O) groups is 2. The molecule has 0 bridgehead atoms. The molecule has 23 heavy (non-hydrogen) atoms. The minimum Gasteiger partial charge on any atom is -0.356 e. The number of fused-ring (bicyclic) bond motifs is 1. The highest BCUT2D eigenvalue weighted by Crippen LogP contribution is 2.30. The van der Waals surface area contributed by atoms with E-state index in [2.05, 4.69) is 10.6 Å². The van der Waals surface area contributed by atoms with E-state index >= 15 is 0 Å². The van der Waals surface area contributed by atoms with Crippen molar-refractivity contribution in [2.24, 2.45) is 11.3 Å². The molecule has 0 spiro atoms. The molecule has 132 valence electrons. The monoisotopic (exact) mass is 322 g/mol. The van der Waals surface area contributed by atoms with Crippen molar-refractivity contribution in [3.63, 3.8) is 0 Å². The van der Waals surface area contributed by atoms with E-state index < -0.39 is 0 Å². The highest BCUT2D eigenvalue weighted by molar-refractivity contribution is 5.89. The minimum absolute atomic E-state index is 0.0569. The van der Waals surface area contributed by atoms with Crippen molar-refractivity contribution in [1.82, 2.24) is 10.6 Å². The molecule has 4 nitrogen and oxygen atoms in total. The van der Waals surface area contributed by atoms with Crippen LogP contribution < -0.4 is 10.6 Å². The minimum atomic E-state index is -0.324. The number of carbonyl (C=O) groups excluding carboxylic acids is 2. The molecule has 1 saturated heterocycles. The number of hydrogen-bond donors (Lipinski definition) is 2. The van der Waals surface area contributed by atoms with E-state index in [1.54, 1.807) is 0 Å². The summed E-state index contributed by atoms with van der Waals surface area (Å²) in [6, 6.07) is 0.481. The van der Waals surface area contributed by atoms with Gasteiger partial charge in [-0.2, -0.15) is 0 Å². The zero-order valence-electron chi connectivity index (χ0n) is 15.1. The Balaban J connectivity index is 1.68. The van der Waals surface area contributed by atoms with Crippen molar-refractivity contribution in [3.05, 3.63) is 0 Å². The summed E-state index contributed by atoms with van der Waals surface area (Å²) in [5.41, 5.74) is -0.324. The number of amides is 1. The lowest BCUT2D eigenvalue weighted by Crippen LogP contribution is -2.35. The van der Waals surface area contributed by atoms with Gasteiger partial charge < -0.3 is 10.6 Å². The molecule has 1 amide bonds. The van der Waals surface area contributed by atoms with Crippen molar-refractivity contribution < 1.29 is 9.59 Å². The van der Waals surface area contributed by atoms with Crippen LogP contribution in [-0.2, 0) is 9.59 Å². The summed E-state index contributed by atoms with van der Waals surface area (Å²) in [6.07, 6.45) is 10.2. The predicted octanol–water partition coefficient (Wildman–Crippen LogP) is 3.20. The van der Waals surface area contributed by atoms with Gasteiger partial charge in [0.15, 0.2) is 5.78 Å². The van der Waals surface area contributed by atoms with Gasteiger partial charge in [-0.1, -0.05) is 46.5 Å². The molecule has 2 N–H and O–H groups in total. The molecule has 2 fully saturated rings. The van der Waals surface area contributed by atoms with Crippen molar-refractivity contribution in [1.29, 1.82) is 0 Å². The van der Waals surface area contributed by atoms with E-state index in [-0.39, 0.29) is 23.3 Å². The largest absolute Gasteiger partial charge is 0.356 e. The fourth-order valence-corrected chi connectivity index (χ4v) is 3.79. The quantitative estimate of drug-likeness (QED) is 0.764. The SMILES string of the molecule is CC(C)(C)C(=O)NCCCCC1NC2CCCCCCC2C1=O. The maximum atomic E-state index is 12.6. The van der Waals surface area contributed by atoms with Gasteiger partial charge in [-0.25, -0.2) is 0 Å². The number of nitrogens with one attached hydrogen (secondary N) is 2. The molecular weight excluding hydrogens is 288 g/mol. The number of hydrogen-bond acceptors (Lipinski definition) is 3. The number of rotatable bonds is 5. The highest BCUT2D eigenvalue weighted by atomic mass is 16.2. The third-order valence-electron chi connectivity index (χ3n) is 5.28. The van der Waals surface area contributed by atoms with Gasteiger partial charge in [0, 0.05) is 23.9 Å². The Morgan fingerprint density at radius 3 is 2.52 bits per heavy atom. The Morgan fingerprint density at radius 2 is 1.83 bits per heavy atom. The van der Waals surface area contributed by atoms with Crippen LogP contribution in [0.15, 0.2) is 0 Å². The first-order valence-electron chi connectivity index (χ1n) is 9.47. The average Bonchev–Trinajstić information content (AvgIpc) is 2.73. The molecule has 3 unspecified atom stereocenters. The normalized spacial score (nSPS) is 28.8. The van der Waals surface area contributed by atoms with Crippen molar-refractivity contribution >= 4 is 11.7 Å². The Morgan fingerprint density at radius 1 is 1.13 bits per heavy atom. The molecule has 4 heteroatoms. The molecule has 1 heterocycles. The summed E-state index contributed by atoms with van der Waals surface area (Å²) >= 11 is 0. The molecular formula is C19H34N2O2. The van der Waals surface area contributed by atoms with Crippen LogP contribution in [0.25, 0.3) is 0 Å². The van der Waals surface area contributed by atoms with Crippen molar-refractivity contribution in [3.8, 4) is 0 Å². The summed E-state index contributed by atoms with van der Waals surface area (Å²) in [4.78, 5) is 24.4. The Hall–Kier alpha value is -0.900. The molecule has 3 atom stereocenters. The number of Topliss-reactive ketones (excluding diaryl/α,β-unsaturated/α-hetero) is 1. The highest BCUT2D eigenvalue weighted by Gasteiger charge is 2.40. The first kappa shape index (κ1) is 18.4. The van der Waals surface area contributed by atoms with Gasteiger partial charge in [0.25, 0.3) is 0 Å². The fraction of sp³-hybridized carbons (Fsp3) is 0.895. The molecule has 0 aromatic heterocycles. The zero-order valence-corrected chi connectivity index (χ0v) is 15.1. The van der Waals surface area contributed by atoms with Crippen LogP contribution in [0.2, 0.25) is 0 Å². The van der Waals surface area contributed by atoms with Gasteiger partial charge in [-0.15, -0.1) is 0 Å². The zero-order chi connectivity index (χ0) is 16.9.